The lowest BCUT2D eigenvalue weighted by atomic mass is 9.99. The van der Waals surface area contributed by atoms with Gasteiger partial charge in [-0.25, -0.2) is 4.98 Å². The molecule has 32 heavy (non-hydrogen) atoms. The van der Waals surface area contributed by atoms with Crippen LogP contribution >= 0.6 is 0 Å². The minimum absolute atomic E-state index is 0.121. The van der Waals surface area contributed by atoms with Crippen molar-refractivity contribution in [1.82, 2.24) is 9.97 Å². The zero-order chi connectivity index (χ0) is 22.7. The summed E-state index contributed by atoms with van der Waals surface area (Å²) in [5, 5.41) is 3.97. The van der Waals surface area contributed by atoms with E-state index < -0.39 is 0 Å². The lowest BCUT2D eigenvalue weighted by Gasteiger charge is -2.13. The Labute approximate surface area is 187 Å². The van der Waals surface area contributed by atoms with Gasteiger partial charge in [-0.2, -0.15) is 0 Å². The summed E-state index contributed by atoms with van der Waals surface area (Å²) in [7, 11) is 1.60. The number of carbonyl (C=O) groups excluding carboxylic acids is 1. The van der Waals surface area contributed by atoms with Gasteiger partial charge < -0.3 is 14.8 Å². The molecule has 0 unspecified atom stereocenters. The van der Waals surface area contributed by atoms with E-state index in [1.807, 2.05) is 63.2 Å². The van der Waals surface area contributed by atoms with Gasteiger partial charge in [0.15, 0.2) is 11.5 Å². The number of pyridine rings is 2. The molecule has 4 aromatic rings. The lowest BCUT2D eigenvalue weighted by molar-refractivity contribution is -0.115. The molecular formula is C26H25N3O3. The van der Waals surface area contributed by atoms with Crippen LogP contribution in [0, 0.1) is 20.8 Å². The van der Waals surface area contributed by atoms with Gasteiger partial charge in [-0.15, -0.1) is 0 Å². The van der Waals surface area contributed by atoms with E-state index in [1.165, 1.54) is 0 Å². The Morgan fingerprint density at radius 1 is 1.00 bits per heavy atom. The molecular weight excluding hydrogens is 402 g/mol. The molecule has 2 heterocycles. The van der Waals surface area contributed by atoms with Crippen LogP contribution in [0.1, 0.15) is 22.4 Å². The zero-order valence-corrected chi connectivity index (χ0v) is 18.6. The summed E-state index contributed by atoms with van der Waals surface area (Å²) in [4.78, 5) is 21.7. The van der Waals surface area contributed by atoms with Crippen LogP contribution in [-0.2, 0) is 11.2 Å². The first-order chi connectivity index (χ1) is 15.4. The van der Waals surface area contributed by atoms with Crippen LogP contribution in [0.3, 0.4) is 0 Å². The van der Waals surface area contributed by atoms with E-state index in [0.29, 0.717) is 23.1 Å². The summed E-state index contributed by atoms with van der Waals surface area (Å²) in [5.41, 5.74) is 5.51. The monoisotopic (exact) mass is 427 g/mol. The first-order valence-electron chi connectivity index (χ1n) is 10.4. The number of benzene rings is 2. The molecule has 0 spiro atoms. The normalized spacial score (nSPS) is 10.8. The molecule has 6 heteroatoms. The summed E-state index contributed by atoms with van der Waals surface area (Å²) >= 11 is 0. The molecule has 2 aromatic heterocycles. The van der Waals surface area contributed by atoms with Crippen molar-refractivity contribution in [1.29, 1.82) is 0 Å². The number of rotatable bonds is 6. The highest BCUT2D eigenvalue weighted by Gasteiger charge is 2.14. The molecule has 1 N–H and O–H groups in total. The fraction of sp³-hybridized carbons (Fsp3) is 0.192. The standard InChI is InChI=1S/C26H25N3O3/c1-16-9-11-23(24(13-16)31-4)32-26-12-10-19(15-27-26)29-25(30)14-21-17(2)20-7-5-6-8-22(20)28-18(21)3/h5-13,15H,14H2,1-4H3,(H,29,30). The Morgan fingerprint density at radius 2 is 1.81 bits per heavy atom. The molecule has 0 aliphatic heterocycles. The van der Waals surface area contributed by atoms with Gasteiger partial charge in [-0.05, 0) is 61.7 Å². The molecule has 1 amide bonds. The van der Waals surface area contributed by atoms with Gasteiger partial charge in [0.25, 0.3) is 0 Å². The molecule has 0 saturated heterocycles. The van der Waals surface area contributed by atoms with Crippen LogP contribution in [0.2, 0.25) is 0 Å². The second kappa shape index (κ2) is 9.06. The Kier molecular flexibility index (Phi) is 6.03. The van der Waals surface area contributed by atoms with Gasteiger partial charge >= 0.3 is 0 Å². The average molecular weight is 428 g/mol. The number of fused-ring (bicyclic) bond motifs is 1. The summed E-state index contributed by atoms with van der Waals surface area (Å²) in [6.45, 7) is 5.96. The maximum Gasteiger partial charge on any atom is 0.228 e. The number of para-hydroxylation sites is 1. The third-order valence-corrected chi connectivity index (χ3v) is 5.38. The predicted molar refractivity (Wildman–Crippen MR) is 126 cm³/mol. The number of carbonyl (C=O) groups is 1. The fourth-order valence-corrected chi connectivity index (χ4v) is 3.68. The van der Waals surface area contributed by atoms with Crippen LogP contribution < -0.4 is 14.8 Å². The van der Waals surface area contributed by atoms with E-state index in [9.17, 15) is 4.79 Å². The minimum atomic E-state index is -0.121. The number of nitrogens with one attached hydrogen (secondary N) is 1. The van der Waals surface area contributed by atoms with Crippen molar-refractivity contribution in [2.75, 3.05) is 12.4 Å². The van der Waals surface area contributed by atoms with Gasteiger partial charge in [-0.1, -0.05) is 24.3 Å². The topological polar surface area (TPSA) is 73.3 Å². The number of methoxy groups -OCH3 is 1. The molecule has 162 valence electrons. The molecule has 0 fully saturated rings. The Bertz CT molecular complexity index is 1280. The van der Waals surface area contributed by atoms with Crippen LogP contribution in [0.15, 0.2) is 60.8 Å². The van der Waals surface area contributed by atoms with Gasteiger partial charge in [0.2, 0.25) is 11.8 Å². The highest BCUT2D eigenvalue weighted by atomic mass is 16.5. The van der Waals surface area contributed by atoms with E-state index in [4.69, 9.17) is 9.47 Å². The van der Waals surface area contributed by atoms with Crippen LogP contribution in [0.4, 0.5) is 5.69 Å². The van der Waals surface area contributed by atoms with E-state index >= 15 is 0 Å². The molecule has 0 aliphatic carbocycles. The molecule has 0 radical (unpaired) electrons. The van der Waals surface area contributed by atoms with Gasteiger partial charge in [0, 0.05) is 17.1 Å². The largest absolute Gasteiger partial charge is 0.493 e. The van der Waals surface area contributed by atoms with Gasteiger partial charge in [0.05, 0.1) is 30.9 Å². The van der Waals surface area contributed by atoms with Gasteiger partial charge in [0.1, 0.15) is 0 Å². The van der Waals surface area contributed by atoms with E-state index in [-0.39, 0.29) is 12.3 Å². The smallest absolute Gasteiger partial charge is 0.228 e. The molecule has 0 saturated carbocycles. The number of hydrogen-bond acceptors (Lipinski definition) is 5. The quantitative estimate of drug-likeness (QED) is 0.437. The van der Waals surface area contributed by atoms with Crippen molar-refractivity contribution in [3.8, 4) is 17.4 Å². The lowest BCUT2D eigenvalue weighted by Crippen LogP contribution is -2.16. The summed E-state index contributed by atoms with van der Waals surface area (Å²) in [5.74, 6) is 1.51. The van der Waals surface area contributed by atoms with Gasteiger partial charge in [-0.3, -0.25) is 9.78 Å². The summed E-state index contributed by atoms with van der Waals surface area (Å²) in [6, 6.07) is 17.1. The number of ether oxygens (including phenoxy) is 2. The fourth-order valence-electron chi connectivity index (χ4n) is 3.68. The first-order valence-corrected chi connectivity index (χ1v) is 10.4. The second-order valence-corrected chi connectivity index (χ2v) is 7.68. The van der Waals surface area contributed by atoms with E-state index in [0.717, 1.165) is 33.3 Å². The van der Waals surface area contributed by atoms with Crippen molar-refractivity contribution in [2.45, 2.75) is 27.2 Å². The summed E-state index contributed by atoms with van der Waals surface area (Å²) < 4.78 is 11.2. The number of hydrogen-bond donors (Lipinski definition) is 1. The molecule has 4 rings (SSSR count). The number of nitrogens with zero attached hydrogens (tertiary/aromatic N) is 2. The second-order valence-electron chi connectivity index (χ2n) is 7.68. The van der Waals surface area contributed by atoms with Crippen LogP contribution in [0.5, 0.6) is 17.4 Å². The third kappa shape index (κ3) is 4.54. The number of aromatic nitrogens is 2. The summed E-state index contributed by atoms with van der Waals surface area (Å²) in [6.07, 6.45) is 1.82. The Morgan fingerprint density at radius 3 is 2.56 bits per heavy atom. The van der Waals surface area contributed by atoms with Crippen molar-refractivity contribution < 1.29 is 14.3 Å². The van der Waals surface area contributed by atoms with Crippen LogP contribution in [-0.4, -0.2) is 23.0 Å². The molecule has 6 nitrogen and oxygen atoms in total. The van der Waals surface area contributed by atoms with Crippen molar-refractivity contribution in [3.63, 3.8) is 0 Å². The van der Waals surface area contributed by atoms with E-state index in [2.05, 4.69) is 15.3 Å². The minimum Gasteiger partial charge on any atom is -0.493 e. The van der Waals surface area contributed by atoms with Crippen molar-refractivity contribution >= 4 is 22.5 Å². The van der Waals surface area contributed by atoms with E-state index in [1.54, 1.807) is 25.4 Å². The Hall–Kier alpha value is -3.93. The Balaban J connectivity index is 1.45. The number of anilines is 1. The first kappa shape index (κ1) is 21.3. The molecule has 0 aliphatic rings. The van der Waals surface area contributed by atoms with Crippen molar-refractivity contribution in [2.24, 2.45) is 0 Å². The highest BCUT2D eigenvalue weighted by molar-refractivity contribution is 5.93. The number of amides is 1. The van der Waals surface area contributed by atoms with Crippen molar-refractivity contribution in [3.05, 3.63) is 83.2 Å². The predicted octanol–water partition coefficient (Wildman–Crippen LogP) is 5.54. The maximum absolute atomic E-state index is 12.7. The molecule has 0 atom stereocenters. The number of aryl methyl sites for hydroxylation is 3. The molecule has 2 aromatic carbocycles. The maximum atomic E-state index is 12.7. The molecule has 0 bridgehead atoms. The SMILES string of the molecule is COc1cc(C)ccc1Oc1ccc(NC(=O)Cc2c(C)nc3ccccc3c2C)cn1. The highest BCUT2D eigenvalue weighted by Crippen LogP contribution is 2.31. The zero-order valence-electron chi connectivity index (χ0n) is 18.6. The van der Waals surface area contributed by atoms with Crippen LogP contribution in [0.25, 0.3) is 10.9 Å². The average Bonchev–Trinajstić information content (AvgIpc) is 2.79. The third-order valence-electron chi connectivity index (χ3n) is 5.38.